The minimum absolute atomic E-state index is 0.0789. The Labute approximate surface area is 173 Å². The van der Waals surface area contributed by atoms with Gasteiger partial charge in [-0.1, -0.05) is 30.3 Å². The van der Waals surface area contributed by atoms with E-state index in [9.17, 15) is 9.59 Å². The van der Waals surface area contributed by atoms with Gasteiger partial charge in [0.2, 0.25) is 5.91 Å². The lowest BCUT2D eigenvalue weighted by atomic mass is 10.1. The Morgan fingerprint density at radius 3 is 2.38 bits per heavy atom. The third-order valence-corrected chi connectivity index (χ3v) is 4.05. The van der Waals surface area contributed by atoms with E-state index < -0.39 is 5.91 Å². The summed E-state index contributed by atoms with van der Waals surface area (Å²) < 4.78 is 5.37. The highest BCUT2D eigenvalue weighted by atomic mass is 32.1. The second kappa shape index (κ2) is 9.48. The van der Waals surface area contributed by atoms with Crippen LogP contribution in [0.25, 0.3) is 6.08 Å². The molecule has 0 unspecified atom stereocenters. The van der Waals surface area contributed by atoms with Gasteiger partial charge >= 0.3 is 0 Å². The molecule has 3 aromatic rings. The van der Waals surface area contributed by atoms with Crippen molar-refractivity contribution in [1.29, 1.82) is 0 Å². The van der Waals surface area contributed by atoms with Crippen LogP contribution < -0.4 is 16.0 Å². The lowest BCUT2D eigenvalue weighted by Crippen LogP contribution is -2.33. The monoisotopic (exact) mass is 405 g/mol. The number of hydrogen-bond acceptors (Lipinski definition) is 4. The van der Waals surface area contributed by atoms with Gasteiger partial charge in [0.05, 0.1) is 11.3 Å². The number of rotatable bonds is 5. The third kappa shape index (κ3) is 5.88. The van der Waals surface area contributed by atoms with Crippen LogP contribution in [-0.2, 0) is 4.79 Å². The van der Waals surface area contributed by atoms with E-state index in [4.69, 9.17) is 16.6 Å². The number of para-hydroxylation sites is 2. The predicted octanol–water partition coefficient (Wildman–Crippen LogP) is 4.37. The van der Waals surface area contributed by atoms with E-state index in [2.05, 4.69) is 16.0 Å². The third-order valence-electron chi connectivity index (χ3n) is 3.85. The zero-order valence-electron chi connectivity index (χ0n) is 15.6. The first-order valence-corrected chi connectivity index (χ1v) is 9.24. The Kier molecular flexibility index (Phi) is 6.55. The van der Waals surface area contributed by atoms with Crippen LogP contribution in [0.5, 0.6) is 0 Å². The van der Waals surface area contributed by atoms with Crippen molar-refractivity contribution in [2.24, 2.45) is 0 Å². The van der Waals surface area contributed by atoms with E-state index in [-0.39, 0.29) is 11.0 Å². The fraction of sp³-hybridized carbons (Fsp3) is 0.0455. The molecule has 6 nitrogen and oxygen atoms in total. The van der Waals surface area contributed by atoms with Gasteiger partial charge in [0.15, 0.2) is 5.11 Å². The molecule has 3 rings (SSSR count). The maximum absolute atomic E-state index is 12.6. The molecule has 0 aliphatic rings. The van der Waals surface area contributed by atoms with Crippen LogP contribution in [0, 0.1) is 6.92 Å². The molecule has 0 aliphatic carbocycles. The minimum atomic E-state index is -0.414. The molecule has 29 heavy (non-hydrogen) atoms. The molecule has 2 amide bonds. The topological polar surface area (TPSA) is 83.4 Å². The van der Waals surface area contributed by atoms with Crippen LogP contribution in [0.1, 0.15) is 21.9 Å². The van der Waals surface area contributed by atoms with E-state index in [1.165, 1.54) is 6.08 Å². The van der Waals surface area contributed by atoms with Crippen molar-refractivity contribution in [3.8, 4) is 0 Å². The van der Waals surface area contributed by atoms with Gasteiger partial charge in [-0.15, -0.1) is 0 Å². The number of carbonyl (C=O) groups excluding carboxylic acids is 2. The van der Waals surface area contributed by atoms with Crippen molar-refractivity contribution < 1.29 is 14.0 Å². The molecule has 0 fully saturated rings. The standard InChI is InChI=1S/C22H19N3O3S/c1-15-11-12-17(28-15)13-14-20(26)25-22(29)24-19-10-6-5-9-18(19)21(27)23-16-7-3-2-4-8-16/h2-14H,1H3,(H,23,27)(H2,24,25,26,29)/b14-13+. The van der Waals surface area contributed by atoms with Crippen LogP contribution in [0.3, 0.4) is 0 Å². The molecule has 3 N–H and O–H groups in total. The smallest absolute Gasteiger partial charge is 0.257 e. The molecular formula is C22H19N3O3S. The van der Waals surface area contributed by atoms with Gasteiger partial charge in [-0.3, -0.25) is 14.9 Å². The first-order valence-electron chi connectivity index (χ1n) is 8.83. The van der Waals surface area contributed by atoms with Crippen LogP contribution in [0.4, 0.5) is 11.4 Å². The van der Waals surface area contributed by atoms with E-state index in [1.54, 1.807) is 54.6 Å². The Morgan fingerprint density at radius 1 is 0.931 bits per heavy atom. The first-order chi connectivity index (χ1) is 14.0. The van der Waals surface area contributed by atoms with Gasteiger partial charge < -0.3 is 15.1 Å². The van der Waals surface area contributed by atoms with Gasteiger partial charge in [-0.25, -0.2) is 0 Å². The molecule has 0 radical (unpaired) electrons. The van der Waals surface area contributed by atoms with Crippen LogP contribution in [0.15, 0.2) is 77.2 Å². The zero-order chi connectivity index (χ0) is 20.6. The average molecular weight is 405 g/mol. The van der Waals surface area contributed by atoms with Gasteiger partial charge in [0.25, 0.3) is 5.91 Å². The van der Waals surface area contributed by atoms with Crippen molar-refractivity contribution in [1.82, 2.24) is 5.32 Å². The largest absolute Gasteiger partial charge is 0.462 e. The van der Waals surface area contributed by atoms with E-state index in [1.807, 2.05) is 25.1 Å². The Bertz CT molecular complexity index is 1060. The molecule has 0 saturated heterocycles. The number of aryl methyl sites for hydroxylation is 1. The molecule has 7 heteroatoms. The SMILES string of the molecule is Cc1ccc(/C=C/C(=O)NC(=S)Nc2ccccc2C(=O)Nc2ccccc2)o1. The molecule has 146 valence electrons. The lowest BCUT2D eigenvalue weighted by Gasteiger charge is -2.13. The Hall–Kier alpha value is -3.71. The number of hydrogen-bond donors (Lipinski definition) is 3. The van der Waals surface area contributed by atoms with E-state index in [0.717, 1.165) is 5.76 Å². The van der Waals surface area contributed by atoms with Crippen molar-refractivity contribution in [2.75, 3.05) is 10.6 Å². The highest BCUT2D eigenvalue weighted by Crippen LogP contribution is 2.17. The summed E-state index contributed by atoms with van der Waals surface area (Å²) in [7, 11) is 0. The summed E-state index contributed by atoms with van der Waals surface area (Å²) in [4.78, 5) is 24.6. The predicted molar refractivity (Wildman–Crippen MR) is 118 cm³/mol. The average Bonchev–Trinajstić information content (AvgIpc) is 3.12. The van der Waals surface area contributed by atoms with Crippen molar-refractivity contribution in [3.63, 3.8) is 0 Å². The molecule has 0 bridgehead atoms. The number of thiocarbonyl (C=S) groups is 1. The quantitative estimate of drug-likeness (QED) is 0.434. The number of carbonyl (C=O) groups is 2. The summed E-state index contributed by atoms with van der Waals surface area (Å²) in [5, 5.41) is 8.34. The summed E-state index contributed by atoms with van der Waals surface area (Å²) in [6.07, 6.45) is 2.87. The summed E-state index contributed by atoms with van der Waals surface area (Å²) in [6, 6.07) is 19.6. The van der Waals surface area contributed by atoms with Gasteiger partial charge in [0, 0.05) is 11.8 Å². The first kappa shape index (κ1) is 20.0. The summed E-state index contributed by atoms with van der Waals surface area (Å²) in [5.74, 6) is 0.622. The number of nitrogens with one attached hydrogen (secondary N) is 3. The number of amides is 2. The lowest BCUT2D eigenvalue weighted by molar-refractivity contribution is -0.115. The number of anilines is 2. The summed E-state index contributed by atoms with van der Waals surface area (Å²) in [5.41, 5.74) is 1.56. The molecular weight excluding hydrogens is 386 g/mol. The van der Waals surface area contributed by atoms with Crippen LogP contribution in [0.2, 0.25) is 0 Å². The van der Waals surface area contributed by atoms with E-state index >= 15 is 0 Å². The number of furan rings is 1. The van der Waals surface area contributed by atoms with E-state index in [0.29, 0.717) is 22.7 Å². The Balaban J connectivity index is 1.62. The maximum Gasteiger partial charge on any atom is 0.257 e. The van der Waals surface area contributed by atoms with Crippen LogP contribution >= 0.6 is 12.2 Å². The number of benzene rings is 2. The highest BCUT2D eigenvalue weighted by molar-refractivity contribution is 7.80. The Morgan fingerprint density at radius 2 is 1.66 bits per heavy atom. The van der Waals surface area contributed by atoms with Crippen molar-refractivity contribution >= 4 is 46.6 Å². The molecule has 0 aliphatic heterocycles. The molecule has 2 aromatic carbocycles. The minimum Gasteiger partial charge on any atom is -0.462 e. The van der Waals surface area contributed by atoms with Crippen molar-refractivity contribution in [3.05, 3.63) is 89.9 Å². The molecule has 1 aromatic heterocycles. The molecule has 1 heterocycles. The molecule has 0 spiro atoms. The summed E-state index contributed by atoms with van der Waals surface area (Å²) in [6.45, 7) is 1.82. The second-order valence-electron chi connectivity index (χ2n) is 6.09. The molecule has 0 saturated carbocycles. The summed E-state index contributed by atoms with van der Waals surface area (Å²) >= 11 is 5.19. The normalized spacial score (nSPS) is 10.5. The maximum atomic E-state index is 12.6. The molecule has 0 atom stereocenters. The van der Waals surface area contributed by atoms with Gasteiger partial charge in [0.1, 0.15) is 11.5 Å². The highest BCUT2D eigenvalue weighted by Gasteiger charge is 2.12. The fourth-order valence-corrected chi connectivity index (χ4v) is 2.73. The zero-order valence-corrected chi connectivity index (χ0v) is 16.5. The van der Waals surface area contributed by atoms with Crippen molar-refractivity contribution in [2.45, 2.75) is 6.92 Å². The second-order valence-corrected chi connectivity index (χ2v) is 6.50. The van der Waals surface area contributed by atoms with Gasteiger partial charge in [-0.05, 0) is 61.6 Å². The van der Waals surface area contributed by atoms with Gasteiger partial charge in [-0.2, -0.15) is 0 Å². The van der Waals surface area contributed by atoms with Crippen LogP contribution in [-0.4, -0.2) is 16.9 Å². The fourth-order valence-electron chi connectivity index (χ4n) is 2.52.